The van der Waals surface area contributed by atoms with Crippen molar-refractivity contribution in [2.45, 2.75) is 19.9 Å². The summed E-state index contributed by atoms with van der Waals surface area (Å²) in [6.07, 6.45) is 0. The highest BCUT2D eigenvalue weighted by Gasteiger charge is 2.19. The lowest BCUT2D eigenvalue weighted by Crippen LogP contribution is -2.23. The van der Waals surface area contributed by atoms with Crippen molar-refractivity contribution in [2.24, 2.45) is 0 Å². The molecule has 1 N–H and O–H groups in total. The average Bonchev–Trinajstić information content (AvgIpc) is 2.44. The third-order valence-electron chi connectivity index (χ3n) is 3.33. The van der Waals surface area contributed by atoms with Crippen LogP contribution in [-0.4, -0.2) is 13.7 Å². The molecule has 0 aliphatic rings. The van der Waals surface area contributed by atoms with E-state index in [2.05, 4.69) is 5.32 Å². The molecule has 0 saturated carbocycles. The first-order chi connectivity index (χ1) is 10.0. The Morgan fingerprint density at radius 1 is 1.10 bits per heavy atom. The quantitative estimate of drug-likeness (QED) is 0.899. The summed E-state index contributed by atoms with van der Waals surface area (Å²) < 4.78 is 32.4. The summed E-state index contributed by atoms with van der Waals surface area (Å²) in [5.74, 6) is -0.469. The smallest absolute Gasteiger partial charge is 0.126 e. The van der Waals surface area contributed by atoms with Gasteiger partial charge in [-0.2, -0.15) is 0 Å². The molecule has 4 heteroatoms. The molecule has 0 amide bonds. The number of benzene rings is 2. The molecule has 1 atom stereocenters. The molecule has 2 rings (SSSR count). The largest absolute Gasteiger partial charge is 0.496 e. The van der Waals surface area contributed by atoms with Crippen molar-refractivity contribution >= 4 is 0 Å². The Morgan fingerprint density at radius 3 is 2.33 bits per heavy atom. The van der Waals surface area contributed by atoms with Crippen LogP contribution in [0.25, 0.3) is 0 Å². The van der Waals surface area contributed by atoms with Crippen LogP contribution in [-0.2, 0) is 0 Å². The zero-order valence-corrected chi connectivity index (χ0v) is 12.4. The Labute approximate surface area is 123 Å². The van der Waals surface area contributed by atoms with Crippen LogP contribution in [0, 0.1) is 18.6 Å². The first-order valence-corrected chi connectivity index (χ1v) is 6.89. The second kappa shape index (κ2) is 6.68. The number of nitrogens with one attached hydrogen (secondary N) is 1. The van der Waals surface area contributed by atoms with Gasteiger partial charge in [-0.15, -0.1) is 0 Å². The normalized spacial score (nSPS) is 12.2. The third kappa shape index (κ3) is 3.58. The van der Waals surface area contributed by atoms with Crippen molar-refractivity contribution in [3.63, 3.8) is 0 Å². The van der Waals surface area contributed by atoms with Gasteiger partial charge in [0.2, 0.25) is 0 Å². The van der Waals surface area contributed by atoms with Crippen LogP contribution >= 0.6 is 0 Å². The van der Waals surface area contributed by atoms with Crippen molar-refractivity contribution in [1.29, 1.82) is 0 Å². The van der Waals surface area contributed by atoms with E-state index < -0.39 is 11.6 Å². The number of halogens is 2. The minimum absolute atomic E-state index is 0.323. The van der Waals surface area contributed by atoms with Crippen molar-refractivity contribution in [2.75, 3.05) is 13.7 Å². The first-order valence-electron chi connectivity index (χ1n) is 6.89. The number of aryl methyl sites for hydroxylation is 1. The maximum atomic E-state index is 13.5. The molecule has 1 unspecified atom stereocenters. The molecule has 0 aliphatic heterocycles. The Bertz CT molecular complexity index is 608. The number of rotatable bonds is 5. The van der Waals surface area contributed by atoms with Crippen LogP contribution in [0.3, 0.4) is 0 Å². The molecule has 0 aliphatic carbocycles. The molecule has 112 valence electrons. The fourth-order valence-electron chi connectivity index (χ4n) is 2.41. The van der Waals surface area contributed by atoms with E-state index >= 15 is 0 Å². The minimum atomic E-state index is -0.584. The number of hydrogen-bond donors (Lipinski definition) is 1. The predicted octanol–water partition coefficient (Wildman–Crippen LogP) is 3.98. The highest BCUT2D eigenvalue weighted by Crippen LogP contribution is 2.31. The summed E-state index contributed by atoms with van der Waals surface area (Å²) in [5, 5.41) is 3.25. The zero-order chi connectivity index (χ0) is 15.4. The van der Waals surface area contributed by atoms with Crippen LogP contribution in [0.2, 0.25) is 0 Å². The zero-order valence-electron chi connectivity index (χ0n) is 12.4. The van der Waals surface area contributed by atoms with Gasteiger partial charge in [0.1, 0.15) is 17.4 Å². The second-order valence-electron chi connectivity index (χ2n) is 4.94. The molecule has 0 bridgehead atoms. The monoisotopic (exact) mass is 291 g/mol. The third-order valence-corrected chi connectivity index (χ3v) is 3.33. The first kappa shape index (κ1) is 15.4. The fourth-order valence-corrected chi connectivity index (χ4v) is 2.41. The van der Waals surface area contributed by atoms with E-state index in [4.69, 9.17) is 4.74 Å². The number of methoxy groups -OCH3 is 1. The van der Waals surface area contributed by atoms with E-state index in [1.807, 2.05) is 32.0 Å². The van der Waals surface area contributed by atoms with Gasteiger partial charge < -0.3 is 10.1 Å². The van der Waals surface area contributed by atoms with E-state index in [1.165, 1.54) is 12.1 Å². The Morgan fingerprint density at radius 2 is 1.76 bits per heavy atom. The topological polar surface area (TPSA) is 21.3 Å². The summed E-state index contributed by atoms with van der Waals surface area (Å²) in [4.78, 5) is 0. The number of ether oxygens (including phenoxy) is 1. The van der Waals surface area contributed by atoms with Gasteiger partial charge in [0.15, 0.2) is 0 Å². The SMILES string of the molecule is CCNC(c1cc(F)cc(F)c1)c1ccc(C)cc1OC. The maximum absolute atomic E-state index is 13.5. The molecular formula is C17H19F2NO. The van der Waals surface area contributed by atoms with Gasteiger partial charge in [0.25, 0.3) is 0 Å². The summed E-state index contributed by atoms with van der Waals surface area (Å²) in [6.45, 7) is 4.58. The lowest BCUT2D eigenvalue weighted by molar-refractivity contribution is 0.404. The van der Waals surface area contributed by atoms with Gasteiger partial charge in [0.05, 0.1) is 13.2 Å². The van der Waals surface area contributed by atoms with Crippen LogP contribution in [0.15, 0.2) is 36.4 Å². The van der Waals surface area contributed by atoms with E-state index in [0.717, 1.165) is 17.2 Å². The van der Waals surface area contributed by atoms with Crippen molar-refractivity contribution in [3.8, 4) is 5.75 Å². The standard InChI is InChI=1S/C17H19F2NO/c1-4-20-17(12-8-13(18)10-14(19)9-12)15-6-5-11(2)7-16(15)21-3/h5-10,17,20H,4H2,1-3H3. The van der Waals surface area contributed by atoms with E-state index in [9.17, 15) is 8.78 Å². The summed E-state index contributed by atoms with van der Waals surface area (Å²) in [7, 11) is 1.59. The van der Waals surface area contributed by atoms with E-state index in [1.54, 1.807) is 7.11 Å². The lowest BCUT2D eigenvalue weighted by Gasteiger charge is -2.22. The van der Waals surface area contributed by atoms with Gasteiger partial charge in [0, 0.05) is 11.6 Å². The minimum Gasteiger partial charge on any atom is -0.496 e. The average molecular weight is 291 g/mol. The van der Waals surface area contributed by atoms with Crippen molar-refractivity contribution in [1.82, 2.24) is 5.32 Å². The van der Waals surface area contributed by atoms with E-state index in [-0.39, 0.29) is 6.04 Å². The Kier molecular flexibility index (Phi) is 4.91. The van der Waals surface area contributed by atoms with Gasteiger partial charge in [-0.3, -0.25) is 0 Å². The highest BCUT2D eigenvalue weighted by molar-refractivity contribution is 5.44. The molecule has 2 aromatic carbocycles. The van der Waals surface area contributed by atoms with Crippen LogP contribution in [0.1, 0.15) is 29.7 Å². The maximum Gasteiger partial charge on any atom is 0.126 e. The Hall–Kier alpha value is -1.94. The molecule has 0 fully saturated rings. The highest BCUT2D eigenvalue weighted by atomic mass is 19.1. The van der Waals surface area contributed by atoms with Gasteiger partial charge in [-0.25, -0.2) is 8.78 Å². The lowest BCUT2D eigenvalue weighted by atomic mass is 9.96. The molecule has 0 heterocycles. The molecule has 2 nitrogen and oxygen atoms in total. The molecule has 0 radical (unpaired) electrons. The van der Waals surface area contributed by atoms with Gasteiger partial charge in [-0.05, 0) is 42.8 Å². The molecule has 0 spiro atoms. The van der Waals surface area contributed by atoms with Crippen LogP contribution in [0.5, 0.6) is 5.75 Å². The summed E-state index contributed by atoms with van der Waals surface area (Å²) in [6, 6.07) is 9.03. The number of hydrogen-bond acceptors (Lipinski definition) is 2. The predicted molar refractivity (Wildman–Crippen MR) is 79.6 cm³/mol. The van der Waals surface area contributed by atoms with Crippen molar-refractivity contribution < 1.29 is 13.5 Å². The second-order valence-corrected chi connectivity index (χ2v) is 4.94. The molecular weight excluding hydrogens is 272 g/mol. The van der Waals surface area contributed by atoms with Crippen molar-refractivity contribution in [3.05, 3.63) is 64.7 Å². The fraction of sp³-hybridized carbons (Fsp3) is 0.294. The van der Waals surface area contributed by atoms with Crippen LogP contribution in [0.4, 0.5) is 8.78 Å². The molecule has 0 saturated heterocycles. The van der Waals surface area contributed by atoms with Crippen LogP contribution < -0.4 is 10.1 Å². The molecule has 21 heavy (non-hydrogen) atoms. The molecule has 0 aromatic heterocycles. The summed E-state index contributed by atoms with van der Waals surface area (Å²) >= 11 is 0. The molecule has 2 aromatic rings. The van der Waals surface area contributed by atoms with Gasteiger partial charge >= 0.3 is 0 Å². The Balaban J connectivity index is 2.52. The summed E-state index contributed by atoms with van der Waals surface area (Å²) in [5.41, 5.74) is 2.46. The van der Waals surface area contributed by atoms with E-state index in [0.29, 0.717) is 17.9 Å². The van der Waals surface area contributed by atoms with Gasteiger partial charge in [-0.1, -0.05) is 19.1 Å².